The lowest BCUT2D eigenvalue weighted by atomic mass is 9.46. The standard InChI is InChI=1S/2C29H48O3/c2*1-18(2)20(12-15-30)7-6-19(3)23-8-9-24-27-25(11-14-29(23,24)5)28(4)13-10-22(31)16-21(28)17-26(27)32/h2*6-7,17-20,22-27,30-32H,8-16H2,1-5H3/b2*7-6+/t2*19-,20+,22+,23-,24+,25+,26-,27+,28+,29-/m11/s1. The normalized spacial score (nSPS) is 45.8. The second-order valence-corrected chi connectivity index (χ2v) is 25.4. The molecule has 6 saturated carbocycles. The van der Waals surface area contributed by atoms with Crippen molar-refractivity contribution in [2.75, 3.05) is 13.2 Å². The molecule has 6 N–H and O–H groups in total. The van der Waals surface area contributed by atoms with Gasteiger partial charge in [0.1, 0.15) is 0 Å². The predicted octanol–water partition coefficient (Wildman–Crippen LogP) is 11.5. The van der Waals surface area contributed by atoms with Crippen molar-refractivity contribution in [2.24, 2.45) is 105 Å². The van der Waals surface area contributed by atoms with Crippen LogP contribution in [0, 0.1) is 105 Å². The number of aliphatic hydroxyl groups is 6. The maximum Gasteiger partial charge on any atom is 0.0757 e. The van der Waals surface area contributed by atoms with Gasteiger partial charge in [-0.25, -0.2) is 0 Å². The van der Waals surface area contributed by atoms with Crippen LogP contribution in [0.1, 0.15) is 172 Å². The molecule has 0 amide bonds. The molecule has 6 nitrogen and oxygen atoms in total. The van der Waals surface area contributed by atoms with Gasteiger partial charge in [-0.2, -0.15) is 0 Å². The zero-order valence-electron chi connectivity index (χ0n) is 42.3. The van der Waals surface area contributed by atoms with Crippen LogP contribution in [-0.4, -0.2) is 68.3 Å². The van der Waals surface area contributed by atoms with Crippen molar-refractivity contribution in [2.45, 2.75) is 196 Å². The molecule has 0 bridgehead atoms. The van der Waals surface area contributed by atoms with Gasteiger partial charge in [0, 0.05) is 13.2 Å². The zero-order valence-corrected chi connectivity index (χ0v) is 42.3. The average Bonchev–Trinajstić information content (AvgIpc) is 3.79. The first-order valence-corrected chi connectivity index (χ1v) is 27.0. The molecule has 0 unspecified atom stereocenters. The monoisotopic (exact) mass is 889 g/mol. The molecule has 8 rings (SSSR count). The van der Waals surface area contributed by atoms with Crippen molar-refractivity contribution in [3.05, 3.63) is 47.6 Å². The van der Waals surface area contributed by atoms with Gasteiger partial charge in [0.05, 0.1) is 24.4 Å². The summed E-state index contributed by atoms with van der Waals surface area (Å²) >= 11 is 0. The van der Waals surface area contributed by atoms with Crippen molar-refractivity contribution < 1.29 is 30.6 Å². The number of hydrogen-bond acceptors (Lipinski definition) is 6. The summed E-state index contributed by atoms with van der Waals surface area (Å²) < 4.78 is 0. The van der Waals surface area contributed by atoms with E-state index >= 15 is 0 Å². The Kier molecular flexibility index (Phi) is 15.8. The van der Waals surface area contributed by atoms with Crippen LogP contribution in [0.3, 0.4) is 0 Å². The summed E-state index contributed by atoms with van der Waals surface area (Å²) in [5.41, 5.74) is 3.61. The van der Waals surface area contributed by atoms with Gasteiger partial charge in [0.15, 0.2) is 0 Å². The maximum absolute atomic E-state index is 11.3. The number of rotatable bonds is 12. The molecule has 64 heavy (non-hydrogen) atoms. The van der Waals surface area contributed by atoms with Crippen LogP contribution in [0.5, 0.6) is 0 Å². The van der Waals surface area contributed by atoms with Crippen LogP contribution in [-0.2, 0) is 0 Å². The second-order valence-electron chi connectivity index (χ2n) is 25.4. The fraction of sp³-hybridized carbons (Fsp3) is 0.862. The molecule has 0 saturated heterocycles. The molecule has 0 aliphatic heterocycles. The van der Waals surface area contributed by atoms with E-state index in [0.717, 1.165) is 51.4 Å². The first-order chi connectivity index (χ1) is 30.2. The third-order valence-corrected chi connectivity index (χ3v) is 21.6. The summed E-state index contributed by atoms with van der Waals surface area (Å²) in [5, 5.41) is 62.0. The fourth-order valence-electron chi connectivity index (χ4n) is 17.6. The van der Waals surface area contributed by atoms with E-state index in [9.17, 15) is 30.6 Å². The molecule has 0 aromatic heterocycles. The van der Waals surface area contributed by atoms with Gasteiger partial charge in [-0.3, -0.25) is 0 Å². The second kappa shape index (κ2) is 20.0. The van der Waals surface area contributed by atoms with Gasteiger partial charge in [-0.15, -0.1) is 0 Å². The fourth-order valence-corrected chi connectivity index (χ4v) is 17.6. The summed E-state index contributed by atoms with van der Waals surface area (Å²) in [7, 11) is 0. The smallest absolute Gasteiger partial charge is 0.0757 e. The van der Waals surface area contributed by atoms with Crippen LogP contribution in [0.4, 0.5) is 0 Å². The largest absolute Gasteiger partial charge is 0.396 e. The summed E-state index contributed by atoms with van der Waals surface area (Å²) in [5.74, 6) is 7.48. The third kappa shape index (κ3) is 9.28. The van der Waals surface area contributed by atoms with Crippen LogP contribution >= 0.6 is 0 Å². The van der Waals surface area contributed by atoms with E-state index in [1.807, 2.05) is 0 Å². The highest BCUT2D eigenvalue weighted by atomic mass is 16.3. The Labute approximate surface area is 391 Å². The number of aliphatic hydroxyl groups excluding tert-OH is 6. The van der Waals surface area contributed by atoms with E-state index in [4.69, 9.17) is 0 Å². The maximum atomic E-state index is 11.3. The molecule has 8 aliphatic rings. The van der Waals surface area contributed by atoms with Crippen LogP contribution in [0.25, 0.3) is 0 Å². The van der Waals surface area contributed by atoms with Gasteiger partial charge in [-0.1, -0.05) is 117 Å². The molecule has 6 heteroatoms. The Morgan fingerprint density at radius 1 is 0.500 bits per heavy atom. The summed E-state index contributed by atoms with van der Waals surface area (Å²) in [4.78, 5) is 0. The zero-order chi connectivity index (χ0) is 46.5. The Morgan fingerprint density at radius 2 is 0.875 bits per heavy atom. The minimum Gasteiger partial charge on any atom is -0.396 e. The van der Waals surface area contributed by atoms with Gasteiger partial charge < -0.3 is 30.6 Å². The molecule has 8 aliphatic carbocycles. The Morgan fingerprint density at radius 3 is 1.22 bits per heavy atom. The molecular formula is C58H96O6. The highest BCUT2D eigenvalue weighted by Crippen LogP contribution is 2.69. The first kappa shape index (κ1) is 50.6. The van der Waals surface area contributed by atoms with Crippen LogP contribution in [0.2, 0.25) is 0 Å². The van der Waals surface area contributed by atoms with Crippen molar-refractivity contribution in [1.82, 2.24) is 0 Å². The molecule has 6 fully saturated rings. The predicted molar refractivity (Wildman–Crippen MR) is 262 cm³/mol. The van der Waals surface area contributed by atoms with E-state index in [-0.39, 0.29) is 48.5 Å². The van der Waals surface area contributed by atoms with Crippen LogP contribution in [0.15, 0.2) is 47.6 Å². The molecule has 0 radical (unpaired) electrons. The summed E-state index contributed by atoms with van der Waals surface area (Å²) in [6.45, 7) is 24.2. The molecule has 364 valence electrons. The molecular weight excluding hydrogens is 793 g/mol. The van der Waals surface area contributed by atoms with Gasteiger partial charge in [-0.05, 0) is 207 Å². The minimum absolute atomic E-state index is 0.169. The van der Waals surface area contributed by atoms with E-state index in [0.29, 0.717) is 93.7 Å². The number of allylic oxidation sites excluding steroid dienone is 4. The minimum atomic E-state index is -0.350. The quantitative estimate of drug-likeness (QED) is 0.109. The topological polar surface area (TPSA) is 121 Å². The lowest BCUT2D eigenvalue weighted by Gasteiger charge is -2.59. The molecule has 0 heterocycles. The van der Waals surface area contributed by atoms with Gasteiger partial charge in [0.2, 0.25) is 0 Å². The highest BCUT2D eigenvalue weighted by molar-refractivity contribution is 5.29. The SMILES string of the molecule is CC(C)[C@@H](/C=C/[C@@H](C)[C@H]1CC[C@H]2[C@@H]3[C@H](O)C=C4C[C@@H](O)CC[C@]4(C)[C@H]3CC[C@]12C)CCO.CC(C)[C@@H](/C=C/[C@@H](C)[C@H]1CC[C@H]2[C@@H]3[C@H](O)C=C4C[C@@H](O)CC[C@]4(C)[C@H]3CC[C@]12C)CCO. The van der Waals surface area contributed by atoms with E-state index in [2.05, 4.69) is 106 Å². The van der Waals surface area contributed by atoms with Crippen molar-refractivity contribution >= 4 is 0 Å². The van der Waals surface area contributed by atoms with Gasteiger partial charge >= 0.3 is 0 Å². The molecule has 0 aromatic rings. The summed E-state index contributed by atoms with van der Waals surface area (Å²) in [6, 6.07) is 0. The molecule has 0 spiro atoms. The van der Waals surface area contributed by atoms with Crippen molar-refractivity contribution in [3.63, 3.8) is 0 Å². The van der Waals surface area contributed by atoms with E-state index in [1.54, 1.807) is 0 Å². The van der Waals surface area contributed by atoms with Crippen molar-refractivity contribution in [1.29, 1.82) is 0 Å². The Bertz CT molecular complexity index is 1570. The lowest BCUT2D eigenvalue weighted by molar-refractivity contribution is -0.0951. The molecule has 20 atom stereocenters. The Hall–Kier alpha value is -1.28. The Balaban J connectivity index is 0.000000191. The molecule has 0 aromatic carbocycles. The third-order valence-electron chi connectivity index (χ3n) is 21.6. The average molecular weight is 889 g/mol. The number of fused-ring (bicyclic) bond motifs is 10. The lowest BCUT2D eigenvalue weighted by Crippen LogP contribution is -2.54. The summed E-state index contributed by atoms with van der Waals surface area (Å²) in [6.07, 6.45) is 30.0. The van der Waals surface area contributed by atoms with Crippen LogP contribution < -0.4 is 0 Å². The number of hydrogen-bond donors (Lipinski definition) is 6. The van der Waals surface area contributed by atoms with Crippen molar-refractivity contribution in [3.8, 4) is 0 Å². The highest BCUT2D eigenvalue weighted by Gasteiger charge is 2.63. The van der Waals surface area contributed by atoms with E-state index < -0.39 is 0 Å². The van der Waals surface area contributed by atoms with E-state index in [1.165, 1.54) is 62.5 Å². The van der Waals surface area contributed by atoms with Gasteiger partial charge in [0.25, 0.3) is 0 Å². The first-order valence-electron chi connectivity index (χ1n) is 27.0.